The van der Waals surface area contributed by atoms with Crippen molar-refractivity contribution in [2.75, 3.05) is 36.8 Å². The van der Waals surface area contributed by atoms with Crippen LogP contribution < -0.4 is 16.0 Å². The van der Waals surface area contributed by atoms with E-state index in [-0.39, 0.29) is 5.91 Å². The quantitative estimate of drug-likeness (QED) is 0.192. The zero-order chi connectivity index (χ0) is 29.7. The zero-order valence-electron chi connectivity index (χ0n) is 24.1. The summed E-state index contributed by atoms with van der Waals surface area (Å²) in [5, 5.41) is 11.8. The first-order chi connectivity index (χ1) is 21.7. The normalized spacial score (nSPS) is 13.6. The number of carbonyl (C=O) groups is 1. The summed E-state index contributed by atoms with van der Waals surface area (Å²) in [6.07, 6.45) is 4.08. The molecule has 10 heteroatoms. The van der Waals surface area contributed by atoms with Crippen LogP contribution in [0.5, 0.6) is 0 Å². The van der Waals surface area contributed by atoms with E-state index in [1.165, 1.54) is 5.56 Å². The standard InChI is InChI=1S/C34H32N8OS/c43-30(21-24-5-2-1-3-6-24)37-28-8-4-7-26(22-28)31-32(42-19-20-44-34(42)40-31)29-13-14-36-33(39-29)38-27-11-9-25(10-12-27)23-41-17-15-35-16-18-41/h1-14,19-20,22,35H,15-18,21,23H2,(H,37,43)(H,36,38,39). The second-order valence-electron chi connectivity index (χ2n) is 10.8. The van der Waals surface area contributed by atoms with Crippen LogP contribution in [0, 0.1) is 0 Å². The van der Waals surface area contributed by atoms with Crippen LogP contribution in [0.15, 0.2) is 103 Å². The molecule has 220 valence electrons. The van der Waals surface area contributed by atoms with Gasteiger partial charge in [-0.1, -0.05) is 54.6 Å². The van der Waals surface area contributed by atoms with E-state index in [9.17, 15) is 4.79 Å². The summed E-state index contributed by atoms with van der Waals surface area (Å²) in [6.45, 7) is 5.18. The number of rotatable bonds is 9. The Morgan fingerprint density at radius 1 is 0.886 bits per heavy atom. The maximum absolute atomic E-state index is 12.8. The summed E-state index contributed by atoms with van der Waals surface area (Å²) in [6, 6.07) is 27.9. The number of carbonyl (C=O) groups excluding carboxylic acids is 1. The number of nitrogens with one attached hydrogen (secondary N) is 3. The molecule has 0 unspecified atom stereocenters. The number of piperazine rings is 1. The summed E-state index contributed by atoms with van der Waals surface area (Å²) in [5.41, 5.74) is 7.20. The number of hydrogen-bond acceptors (Lipinski definition) is 8. The Labute approximate surface area is 259 Å². The molecule has 6 aromatic rings. The second-order valence-corrected chi connectivity index (χ2v) is 11.6. The summed E-state index contributed by atoms with van der Waals surface area (Å²) in [4.78, 5) is 30.4. The lowest BCUT2D eigenvalue weighted by atomic mass is 10.1. The molecule has 0 spiro atoms. The van der Waals surface area contributed by atoms with Gasteiger partial charge in [-0.3, -0.25) is 14.1 Å². The van der Waals surface area contributed by atoms with Crippen molar-refractivity contribution < 1.29 is 4.79 Å². The molecule has 7 rings (SSSR count). The van der Waals surface area contributed by atoms with Gasteiger partial charge in [-0.15, -0.1) is 11.3 Å². The molecule has 3 aromatic carbocycles. The predicted molar refractivity (Wildman–Crippen MR) is 176 cm³/mol. The number of aromatic nitrogens is 4. The largest absolute Gasteiger partial charge is 0.326 e. The van der Waals surface area contributed by atoms with Gasteiger partial charge in [0.1, 0.15) is 5.69 Å². The van der Waals surface area contributed by atoms with Gasteiger partial charge < -0.3 is 16.0 Å². The summed E-state index contributed by atoms with van der Waals surface area (Å²) in [7, 11) is 0. The molecule has 0 aliphatic carbocycles. The van der Waals surface area contributed by atoms with Gasteiger partial charge >= 0.3 is 0 Å². The van der Waals surface area contributed by atoms with Crippen molar-refractivity contribution >= 4 is 39.5 Å². The van der Waals surface area contributed by atoms with Crippen LogP contribution in [0.25, 0.3) is 27.6 Å². The van der Waals surface area contributed by atoms with E-state index in [1.54, 1.807) is 17.5 Å². The lowest BCUT2D eigenvalue weighted by Crippen LogP contribution is -2.42. The van der Waals surface area contributed by atoms with Crippen molar-refractivity contribution in [2.45, 2.75) is 13.0 Å². The number of benzene rings is 3. The molecular formula is C34H32N8OS. The Hall–Kier alpha value is -4.90. The minimum atomic E-state index is -0.0669. The predicted octanol–water partition coefficient (Wildman–Crippen LogP) is 5.85. The number of thiazole rings is 1. The van der Waals surface area contributed by atoms with Crippen molar-refractivity contribution in [2.24, 2.45) is 0 Å². The molecule has 4 heterocycles. The SMILES string of the molecule is O=C(Cc1ccccc1)Nc1cccc(-c2nc3sccn3c2-c2ccnc(Nc3ccc(CN4CCNCC4)cc3)n2)c1. The van der Waals surface area contributed by atoms with E-state index >= 15 is 0 Å². The third-order valence-electron chi connectivity index (χ3n) is 7.61. The van der Waals surface area contributed by atoms with Crippen molar-refractivity contribution in [3.05, 3.63) is 114 Å². The average molecular weight is 601 g/mol. The van der Waals surface area contributed by atoms with E-state index in [0.29, 0.717) is 12.4 Å². The van der Waals surface area contributed by atoms with E-state index in [1.807, 2.05) is 72.2 Å². The molecule has 44 heavy (non-hydrogen) atoms. The average Bonchev–Trinajstić information content (AvgIpc) is 3.65. The van der Waals surface area contributed by atoms with Crippen LogP contribution in [-0.2, 0) is 17.8 Å². The van der Waals surface area contributed by atoms with Gasteiger partial charge in [0, 0.05) is 67.4 Å². The highest BCUT2D eigenvalue weighted by Crippen LogP contribution is 2.35. The van der Waals surface area contributed by atoms with Gasteiger partial charge in [0.05, 0.1) is 17.8 Å². The molecule has 3 aromatic heterocycles. The fraction of sp³-hybridized carbons (Fsp3) is 0.176. The van der Waals surface area contributed by atoms with E-state index in [0.717, 1.165) is 77.3 Å². The van der Waals surface area contributed by atoms with Gasteiger partial charge in [-0.05, 0) is 41.5 Å². The Balaban J connectivity index is 1.12. The fourth-order valence-electron chi connectivity index (χ4n) is 5.46. The molecule has 1 aliphatic heterocycles. The number of nitrogens with zero attached hydrogens (tertiary/aromatic N) is 5. The Morgan fingerprint density at radius 3 is 2.57 bits per heavy atom. The van der Waals surface area contributed by atoms with Crippen LogP contribution in [-0.4, -0.2) is 56.3 Å². The lowest BCUT2D eigenvalue weighted by Gasteiger charge is -2.27. The highest BCUT2D eigenvalue weighted by atomic mass is 32.1. The molecular weight excluding hydrogens is 568 g/mol. The van der Waals surface area contributed by atoms with Crippen LogP contribution in [0.4, 0.5) is 17.3 Å². The maximum atomic E-state index is 12.8. The summed E-state index contributed by atoms with van der Waals surface area (Å²) in [5.74, 6) is 0.443. The number of amides is 1. The highest BCUT2D eigenvalue weighted by molar-refractivity contribution is 7.15. The Morgan fingerprint density at radius 2 is 1.73 bits per heavy atom. The smallest absolute Gasteiger partial charge is 0.228 e. The fourth-order valence-corrected chi connectivity index (χ4v) is 6.18. The molecule has 0 radical (unpaired) electrons. The summed E-state index contributed by atoms with van der Waals surface area (Å²) >= 11 is 1.56. The molecule has 1 fully saturated rings. The Bertz CT molecular complexity index is 1880. The first-order valence-corrected chi connectivity index (χ1v) is 15.6. The topological polar surface area (TPSA) is 99.5 Å². The third kappa shape index (κ3) is 6.37. The second kappa shape index (κ2) is 12.8. The van der Waals surface area contributed by atoms with Gasteiger partial charge in [0.15, 0.2) is 4.96 Å². The van der Waals surface area contributed by atoms with Crippen LogP contribution in [0.3, 0.4) is 0 Å². The summed E-state index contributed by atoms with van der Waals surface area (Å²) < 4.78 is 2.05. The monoisotopic (exact) mass is 600 g/mol. The molecule has 1 aliphatic rings. The maximum Gasteiger partial charge on any atom is 0.228 e. The van der Waals surface area contributed by atoms with Crippen molar-refractivity contribution in [3.8, 4) is 22.6 Å². The van der Waals surface area contributed by atoms with E-state index in [4.69, 9.17) is 9.97 Å². The first kappa shape index (κ1) is 27.9. The van der Waals surface area contributed by atoms with Gasteiger partial charge in [0.25, 0.3) is 0 Å². The third-order valence-corrected chi connectivity index (χ3v) is 8.37. The molecule has 0 saturated carbocycles. The van der Waals surface area contributed by atoms with Crippen molar-refractivity contribution in [1.29, 1.82) is 0 Å². The molecule has 9 nitrogen and oxygen atoms in total. The highest BCUT2D eigenvalue weighted by Gasteiger charge is 2.19. The van der Waals surface area contributed by atoms with Crippen LogP contribution >= 0.6 is 11.3 Å². The minimum absolute atomic E-state index is 0.0669. The molecule has 3 N–H and O–H groups in total. The molecule has 1 saturated heterocycles. The number of hydrogen-bond donors (Lipinski definition) is 3. The van der Waals surface area contributed by atoms with Gasteiger partial charge in [0.2, 0.25) is 11.9 Å². The molecule has 0 atom stereocenters. The zero-order valence-corrected chi connectivity index (χ0v) is 24.9. The van der Waals surface area contributed by atoms with Gasteiger partial charge in [-0.25, -0.2) is 15.0 Å². The van der Waals surface area contributed by atoms with Crippen molar-refractivity contribution in [1.82, 2.24) is 29.6 Å². The van der Waals surface area contributed by atoms with E-state index in [2.05, 4.69) is 54.5 Å². The number of fused-ring (bicyclic) bond motifs is 1. The van der Waals surface area contributed by atoms with Crippen molar-refractivity contribution in [3.63, 3.8) is 0 Å². The molecule has 1 amide bonds. The molecule has 0 bridgehead atoms. The number of imidazole rings is 1. The lowest BCUT2D eigenvalue weighted by molar-refractivity contribution is -0.115. The van der Waals surface area contributed by atoms with Gasteiger partial charge in [-0.2, -0.15) is 0 Å². The Kier molecular flexibility index (Phi) is 8.09. The first-order valence-electron chi connectivity index (χ1n) is 14.7. The van der Waals surface area contributed by atoms with Crippen LogP contribution in [0.1, 0.15) is 11.1 Å². The minimum Gasteiger partial charge on any atom is -0.326 e. The van der Waals surface area contributed by atoms with Crippen LogP contribution in [0.2, 0.25) is 0 Å². The van der Waals surface area contributed by atoms with E-state index < -0.39 is 0 Å². The number of anilines is 3.